The van der Waals surface area contributed by atoms with E-state index in [0.29, 0.717) is 59.1 Å². The normalized spacial score (nSPS) is 15.0. The zero-order valence-corrected chi connectivity index (χ0v) is 33.6. The average Bonchev–Trinajstić information content (AvgIpc) is 3.28. The minimum Gasteiger partial charge on any atom is -0.506 e. The van der Waals surface area contributed by atoms with Gasteiger partial charge in [-0.2, -0.15) is 0 Å². The van der Waals surface area contributed by atoms with Gasteiger partial charge in [0.2, 0.25) is 11.2 Å². The van der Waals surface area contributed by atoms with Crippen molar-refractivity contribution in [1.29, 1.82) is 0 Å². The van der Waals surface area contributed by atoms with Crippen molar-refractivity contribution in [3.63, 3.8) is 0 Å². The van der Waals surface area contributed by atoms with Gasteiger partial charge in [-0.1, -0.05) is 103 Å². The fourth-order valence-electron chi connectivity index (χ4n) is 7.86. The second-order valence-electron chi connectivity index (χ2n) is 15.5. The molecule has 60 heavy (non-hydrogen) atoms. The van der Waals surface area contributed by atoms with E-state index in [2.05, 4.69) is 44.8 Å². The molecule has 0 aliphatic carbocycles. The lowest BCUT2D eigenvalue weighted by atomic mass is 9.85. The van der Waals surface area contributed by atoms with Crippen molar-refractivity contribution in [3.8, 4) is 5.75 Å². The number of carbonyl (C=O) groups is 2. The fourth-order valence-corrected chi connectivity index (χ4v) is 7.86. The topological polar surface area (TPSA) is 164 Å². The lowest BCUT2D eigenvalue weighted by Gasteiger charge is -2.33. The zero-order valence-electron chi connectivity index (χ0n) is 33.6. The van der Waals surface area contributed by atoms with Crippen molar-refractivity contribution in [2.45, 2.75) is 43.9 Å². The number of esters is 1. The molecule has 1 amide bonds. The fraction of sp³-hybridized carbons (Fsp3) is 0.286. The summed E-state index contributed by atoms with van der Waals surface area (Å²) in [7, 11) is 0. The van der Waals surface area contributed by atoms with Gasteiger partial charge in [0, 0.05) is 36.7 Å². The predicted octanol–water partition coefficient (Wildman–Crippen LogP) is 5.76. The molecule has 2 heterocycles. The van der Waals surface area contributed by atoms with Crippen LogP contribution in [0.1, 0.15) is 62.7 Å². The van der Waals surface area contributed by atoms with E-state index in [9.17, 15) is 29.7 Å². The number of phenolic OH excluding ortho intramolecular Hbond substituents is 1. The molecule has 11 heteroatoms. The molecule has 1 saturated heterocycles. The Morgan fingerprint density at radius 1 is 0.783 bits per heavy atom. The first-order valence-electron chi connectivity index (χ1n) is 20.6. The lowest BCUT2D eigenvalue weighted by molar-refractivity contribution is -0.164. The lowest BCUT2D eigenvalue weighted by Crippen LogP contribution is -2.40. The van der Waals surface area contributed by atoms with Gasteiger partial charge in [0.25, 0.3) is 5.91 Å². The van der Waals surface area contributed by atoms with E-state index in [0.717, 1.165) is 43.6 Å². The van der Waals surface area contributed by atoms with E-state index >= 15 is 0 Å². The Hall–Kier alpha value is -6.11. The third-order valence-electron chi connectivity index (χ3n) is 11.3. The minimum absolute atomic E-state index is 0.0562. The Bertz CT molecular complexity index is 2420. The molecule has 2 unspecified atom stereocenters. The minimum atomic E-state index is -2.00. The van der Waals surface area contributed by atoms with E-state index in [1.165, 1.54) is 17.7 Å². The molecular weight excluding hydrogens is 757 g/mol. The maximum Gasteiger partial charge on any atom is 0.347 e. The summed E-state index contributed by atoms with van der Waals surface area (Å²) in [5, 5.41) is 39.9. The van der Waals surface area contributed by atoms with Crippen LogP contribution in [0.15, 0.2) is 138 Å². The maximum absolute atomic E-state index is 13.9. The van der Waals surface area contributed by atoms with Crippen LogP contribution in [0.5, 0.6) is 5.75 Å². The number of aromatic amines is 1. The first-order chi connectivity index (χ1) is 29.2. The number of hydrogen-bond donors (Lipinski definition) is 6. The number of amides is 1. The molecule has 1 fully saturated rings. The molecule has 7 rings (SSSR count). The number of benzene rings is 5. The number of aromatic hydroxyl groups is 1. The number of aliphatic hydroxyl groups is 2. The molecule has 310 valence electrons. The monoisotopic (exact) mass is 808 g/mol. The van der Waals surface area contributed by atoms with Crippen LogP contribution < -0.4 is 16.2 Å². The van der Waals surface area contributed by atoms with Crippen LogP contribution in [0.25, 0.3) is 10.9 Å². The molecule has 1 aromatic heterocycles. The number of fused-ring (bicyclic) bond motifs is 1. The SMILES string of the molecule is O=C(NCCc1cccc(C(O)(C(=O)OCC2CCN(Cc3ccccc3)CC2)c2ccccc2)c1)c1ccc(CCNCC(O)c2ccc(O)c3[nH]c(=O)ccc23)cc1. The smallest absolute Gasteiger partial charge is 0.347 e. The molecule has 0 saturated carbocycles. The number of nitrogens with zero attached hydrogens (tertiary/aromatic N) is 1. The number of nitrogens with one attached hydrogen (secondary N) is 3. The number of ether oxygens (including phenoxy) is 1. The Morgan fingerprint density at radius 3 is 2.22 bits per heavy atom. The van der Waals surface area contributed by atoms with Gasteiger partial charge in [0.05, 0.1) is 18.2 Å². The van der Waals surface area contributed by atoms with E-state index in [1.54, 1.807) is 60.7 Å². The van der Waals surface area contributed by atoms with E-state index in [1.807, 2.05) is 36.4 Å². The van der Waals surface area contributed by atoms with Crippen LogP contribution in [-0.4, -0.2) is 76.4 Å². The standard InChI is InChI=1S/C49H52N4O7/c54-43-20-18-41(42-19-21-45(56)52-46(42)43)44(55)31-50-26-22-34-14-16-38(17-15-34)47(57)51-27-23-35-10-7-13-40(30-35)49(59,39-11-5-2-6-12-39)48(58)60-33-37-24-28-53(29-25-37)32-36-8-3-1-4-9-36/h1-21,30,37,44,50,54-55,59H,22-29,31-33H2,(H,51,57)(H,52,56). The highest BCUT2D eigenvalue weighted by atomic mass is 16.5. The largest absolute Gasteiger partial charge is 0.506 e. The summed E-state index contributed by atoms with van der Waals surface area (Å²) in [6, 6.07) is 40.0. The Morgan fingerprint density at radius 2 is 1.47 bits per heavy atom. The average molecular weight is 809 g/mol. The van der Waals surface area contributed by atoms with Gasteiger partial charge in [-0.05, 0) is 109 Å². The molecule has 6 N–H and O–H groups in total. The number of pyridine rings is 1. The number of likely N-dealkylation sites (tertiary alicyclic amines) is 1. The summed E-state index contributed by atoms with van der Waals surface area (Å²) in [5.74, 6) is -0.758. The van der Waals surface area contributed by atoms with Crippen molar-refractivity contribution >= 4 is 22.8 Å². The summed E-state index contributed by atoms with van der Waals surface area (Å²) in [5.41, 5.74) is 3.07. The predicted molar refractivity (Wildman–Crippen MR) is 232 cm³/mol. The van der Waals surface area contributed by atoms with Crippen LogP contribution in [0.3, 0.4) is 0 Å². The zero-order chi connectivity index (χ0) is 41.9. The number of rotatable bonds is 17. The number of aliphatic hydroxyl groups excluding tert-OH is 1. The van der Waals surface area contributed by atoms with E-state index < -0.39 is 17.7 Å². The molecule has 0 radical (unpaired) electrons. The highest BCUT2D eigenvalue weighted by molar-refractivity contribution is 5.94. The summed E-state index contributed by atoms with van der Waals surface area (Å²) < 4.78 is 5.90. The van der Waals surface area contributed by atoms with Gasteiger partial charge in [-0.3, -0.25) is 14.5 Å². The van der Waals surface area contributed by atoms with Gasteiger partial charge >= 0.3 is 5.97 Å². The van der Waals surface area contributed by atoms with E-state index in [4.69, 9.17) is 4.74 Å². The number of phenols is 1. The van der Waals surface area contributed by atoms with Crippen LogP contribution in [0.2, 0.25) is 0 Å². The molecule has 1 aliphatic heterocycles. The summed E-state index contributed by atoms with van der Waals surface area (Å²) in [4.78, 5) is 43.7. The third kappa shape index (κ3) is 10.4. The van der Waals surface area contributed by atoms with Crippen LogP contribution in [-0.2, 0) is 34.5 Å². The van der Waals surface area contributed by atoms with Gasteiger partial charge < -0.3 is 35.7 Å². The van der Waals surface area contributed by atoms with Gasteiger partial charge in [0.15, 0.2) is 0 Å². The summed E-state index contributed by atoms with van der Waals surface area (Å²) >= 11 is 0. The van der Waals surface area contributed by atoms with Crippen molar-refractivity contribution in [2.24, 2.45) is 5.92 Å². The number of carbonyl (C=O) groups excluding carboxylic acids is 2. The highest BCUT2D eigenvalue weighted by Crippen LogP contribution is 2.33. The molecular formula is C49H52N4O7. The van der Waals surface area contributed by atoms with Crippen molar-refractivity contribution in [3.05, 3.63) is 183 Å². The molecule has 2 atom stereocenters. The quantitative estimate of drug-likeness (QED) is 0.0497. The van der Waals surface area contributed by atoms with Crippen LogP contribution in [0, 0.1) is 5.92 Å². The molecule has 5 aromatic carbocycles. The second-order valence-corrected chi connectivity index (χ2v) is 15.5. The Kier molecular flexibility index (Phi) is 13.8. The first-order valence-corrected chi connectivity index (χ1v) is 20.6. The second kappa shape index (κ2) is 19.8. The number of piperidine rings is 1. The van der Waals surface area contributed by atoms with Gasteiger partial charge in [0.1, 0.15) is 5.75 Å². The Labute approximate surface area is 349 Å². The molecule has 0 spiro atoms. The van der Waals surface area contributed by atoms with Crippen LogP contribution >= 0.6 is 0 Å². The summed E-state index contributed by atoms with van der Waals surface area (Å²) in [6.45, 7) is 4.19. The number of H-pyrrole nitrogens is 1. The third-order valence-corrected chi connectivity index (χ3v) is 11.3. The molecule has 6 aromatic rings. The highest BCUT2D eigenvalue weighted by Gasteiger charge is 2.42. The van der Waals surface area contributed by atoms with E-state index in [-0.39, 0.29) is 36.3 Å². The number of hydrogen-bond acceptors (Lipinski definition) is 9. The van der Waals surface area contributed by atoms with Crippen LogP contribution in [0.4, 0.5) is 0 Å². The molecule has 1 aliphatic rings. The van der Waals surface area contributed by atoms with Gasteiger partial charge in [-0.25, -0.2) is 4.79 Å². The van der Waals surface area contributed by atoms with Crippen molar-refractivity contribution in [1.82, 2.24) is 20.5 Å². The van der Waals surface area contributed by atoms with Crippen molar-refractivity contribution < 1.29 is 29.6 Å². The van der Waals surface area contributed by atoms with Crippen molar-refractivity contribution in [2.75, 3.05) is 39.3 Å². The maximum atomic E-state index is 13.9. The summed E-state index contributed by atoms with van der Waals surface area (Å²) in [6.07, 6.45) is 2.12. The molecule has 11 nitrogen and oxygen atoms in total. The molecule has 0 bridgehead atoms. The number of aromatic nitrogens is 1. The Balaban J connectivity index is 0.882. The van der Waals surface area contributed by atoms with Gasteiger partial charge in [-0.15, -0.1) is 0 Å². The first kappa shape index (κ1) is 42.0.